The van der Waals surface area contributed by atoms with Gasteiger partial charge in [-0.1, -0.05) is 93.4 Å². The highest BCUT2D eigenvalue weighted by atomic mass is 79.9. The summed E-state index contributed by atoms with van der Waals surface area (Å²) < 4.78 is 7.31. The molecule has 1 heterocycles. The molecular formula is C23H14BrCl2NO2S2. The molecular weight excluding hydrogens is 537 g/mol. The fraction of sp³-hybridized carbons (Fsp3) is 0.0435. The Kier molecular flexibility index (Phi) is 7.04. The Morgan fingerprint density at radius 2 is 1.84 bits per heavy atom. The van der Waals surface area contributed by atoms with Gasteiger partial charge >= 0.3 is 0 Å². The molecule has 0 radical (unpaired) electrons. The average Bonchev–Trinajstić information content (AvgIpc) is 3.01. The van der Waals surface area contributed by atoms with Crippen LogP contribution < -0.4 is 9.64 Å². The number of anilines is 1. The molecule has 3 nitrogen and oxygen atoms in total. The van der Waals surface area contributed by atoms with E-state index < -0.39 is 0 Å². The number of halogens is 3. The SMILES string of the molecule is O=C1/C(=C\c2cc(Br)ccc2OCc2ccccc2)SC(=S)N1c1ccc(Cl)cc1Cl. The summed E-state index contributed by atoms with van der Waals surface area (Å²) in [6.07, 6.45) is 1.79. The number of rotatable bonds is 5. The normalized spacial score (nSPS) is 15.1. The van der Waals surface area contributed by atoms with Crippen LogP contribution in [0.15, 0.2) is 76.1 Å². The van der Waals surface area contributed by atoms with Gasteiger partial charge in [0.2, 0.25) is 0 Å². The molecule has 3 aromatic rings. The number of thioether (sulfide) groups is 1. The molecule has 0 aromatic heterocycles. The Morgan fingerprint density at radius 1 is 1.06 bits per heavy atom. The highest BCUT2D eigenvalue weighted by Crippen LogP contribution is 2.40. The maximum atomic E-state index is 13.1. The van der Waals surface area contributed by atoms with E-state index in [1.807, 2.05) is 48.5 Å². The van der Waals surface area contributed by atoms with Crippen molar-refractivity contribution in [3.05, 3.63) is 97.3 Å². The summed E-state index contributed by atoms with van der Waals surface area (Å²) in [6, 6.07) is 20.5. The van der Waals surface area contributed by atoms with E-state index >= 15 is 0 Å². The Labute approximate surface area is 208 Å². The number of carbonyl (C=O) groups excluding carboxylic acids is 1. The summed E-state index contributed by atoms with van der Waals surface area (Å²) in [5, 5.41) is 0.850. The van der Waals surface area contributed by atoms with E-state index in [1.165, 1.54) is 16.7 Å². The molecule has 0 spiro atoms. The molecule has 8 heteroatoms. The molecule has 3 aromatic carbocycles. The largest absolute Gasteiger partial charge is 0.488 e. The molecule has 4 rings (SSSR count). The molecule has 0 atom stereocenters. The van der Waals surface area contributed by atoms with Crippen LogP contribution in [0.3, 0.4) is 0 Å². The van der Waals surface area contributed by atoms with Crippen LogP contribution in [0, 0.1) is 0 Å². The van der Waals surface area contributed by atoms with Crippen LogP contribution in [-0.2, 0) is 11.4 Å². The number of ether oxygens (including phenoxy) is 1. The molecule has 0 saturated carbocycles. The van der Waals surface area contributed by atoms with Gasteiger partial charge in [0.1, 0.15) is 12.4 Å². The summed E-state index contributed by atoms with van der Waals surface area (Å²) in [4.78, 5) is 15.0. The van der Waals surface area contributed by atoms with Crippen molar-refractivity contribution in [1.82, 2.24) is 0 Å². The van der Waals surface area contributed by atoms with Gasteiger partial charge in [0.25, 0.3) is 5.91 Å². The lowest BCUT2D eigenvalue weighted by Gasteiger charge is -2.16. The van der Waals surface area contributed by atoms with Crippen LogP contribution in [0.5, 0.6) is 5.75 Å². The highest BCUT2D eigenvalue weighted by Gasteiger charge is 2.34. The molecule has 1 fully saturated rings. The first-order valence-electron chi connectivity index (χ1n) is 9.11. The molecule has 0 bridgehead atoms. The van der Waals surface area contributed by atoms with Crippen molar-refractivity contribution in [2.45, 2.75) is 6.61 Å². The van der Waals surface area contributed by atoms with E-state index in [-0.39, 0.29) is 5.91 Å². The molecule has 31 heavy (non-hydrogen) atoms. The van der Waals surface area contributed by atoms with Crippen LogP contribution in [0.25, 0.3) is 6.08 Å². The van der Waals surface area contributed by atoms with Crippen LogP contribution in [0.1, 0.15) is 11.1 Å². The molecule has 0 aliphatic carbocycles. The average molecular weight is 551 g/mol. The molecule has 1 amide bonds. The third-order valence-electron chi connectivity index (χ3n) is 4.44. The fourth-order valence-electron chi connectivity index (χ4n) is 2.98. The van der Waals surface area contributed by atoms with Crippen LogP contribution in [-0.4, -0.2) is 10.2 Å². The minimum atomic E-state index is -0.242. The van der Waals surface area contributed by atoms with Crippen LogP contribution >= 0.6 is 63.1 Å². The van der Waals surface area contributed by atoms with Crippen molar-refractivity contribution in [3.63, 3.8) is 0 Å². The van der Waals surface area contributed by atoms with Gasteiger partial charge in [0.15, 0.2) is 4.32 Å². The van der Waals surface area contributed by atoms with Gasteiger partial charge in [-0.15, -0.1) is 0 Å². The topological polar surface area (TPSA) is 29.5 Å². The Bertz CT molecular complexity index is 1200. The van der Waals surface area contributed by atoms with E-state index in [0.717, 1.165) is 15.6 Å². The van der Waals surface area contributed by atoms with Gasteiger partial charge in [0, 0.05) is 15.1 Å². The van der Waals surface area contributed by atoms with E-state index in [9.17, 15) is 4.79 Å². The van der Waals surface area contributed by atoms with Gasteiger partial charge in [-0.2, -0.15) is 0 Å². The standard InChI is InChI=1S/C23H14BrCl2NO2S2/c24-16-6-9-20(29-13-14-4-2-1-3-5-14)15(10-16)11-21-22(28)27(23(30)31-21)19-8-7-17(25)12-18(19)26/h1-12H,13H2/b21-11+. The monoisotopic (exact) mass is 549 g/mol. The van der Waals surface area contributed by atoms with Gasteiger partial charge in [-0.25, -0.2) is 0 Å². The first kappa shape index (κ1) is 22.4. The smallest absolute Gasteiger partial charge is 0.270 e. The predicted molar refractivity (Wildman–Crippen MR) is 137 cm³/mol. The fourth-order valence-corrected chi connectivity index (χ4v) is 5.13. The molecule has 156 valence electrons. The summed E-state index contributed by atoms with van der Waals surface area (Å²) >= 11 is 22.4. The molecule has 1 saturated heterocycles. The summed E-state index contributed by atoms with van der Waals surface area (Å²) in [7, 11) is 0. The molecule has 1 aliphatic heterocycles. The van der Waals surface area contributed by atoms with Crippen molar-refractivity contribution in [3.8, 4) is 5.75 Å². The maximum absolute atomic E-state index is 13.1. The number of thiocarbonyl (C=S) groups is 1. The second kappa shape index (κ2) is 9.76. The zero-order valence-electron chi connectivity index (χ0n) is 15.8. The van der Waals surface area contributed by atoms with Crippen LogP contribution in [0.4, 0.5) is 5.69 Å². The van der Waals surface area contributed by atoms with Crippen LogP contribution in [0.2, 0.25) is 10.0 Å². The van der Waals surface area contributed by atoms with Crippen molar-refractivity contribution in [1.29, 1.82) is 0 Å². The molecule has 0 unspecified atom stereocenters. The quantitative estimate of drug-likeness (QED) is 0.240. The first-order chi connectivity index (χ1) is 14.9. The Morgan fingerprint density at radius 3 is 2.58 bits per heavy atom. The van der Waals surface area contributed by atoms with Gasteiger partial charge in [-0.05, 0) is 48.0 Å². The summed E-state index contributed by atoms with van der Waals surface area (Å²) in [5.41, 5.74) is 2.33. The second-order valence-electron chi connectivity index (χ2n) is 6.57. The minimum absolute atomic E-state index is 0.242. The van der Waals surface area contributed by atoms with E-state index in [2.05, 4.69) is 15.9 Å². The van der Waals surface area contributed by atoms with Crippen molar-refractivity contribution >= 4 is 85.1 Å². The number of hydrogen-bond acceptors (Lipinski definition) is 4. The third kappa shape index (κ3) is 5.16. The number of hydrogen-bond donors (Lipinski definition) is 0. The van der Waals surface area contributed by atoms with Gasteiger partial charge in [-0.3, -0.25) is 9.69 Å². The summed E-state index contributed by atoms with van der Waals surface area (Å²) in [6.45, 7) is 0.421. The maximum Gasteiger partial charge on any atom is 0.270 e. The van der Waals surface area contributed by atoms with E-state index in [0.29, 0.717) is 37.3 Å². The number of amides is 1. The van der Waals surface area contributed by atoms with Gasteiger partial charge in [0.05, 0.1) is 15.6 Å². The van der Waals surface area contributed by atoms with Crippen molar-refractivity contribution in [2.24, 2.45) is 0 Å². The number of benzene rings is 3. The number of nitrogens with zero attached hydrogens (tertiary/aromatic N) is 1. The lowest BCUT2D eigenvalue weighted by Crippen LogP contribution is -2.27. The zero-order valence-corrected chi connectivity index (χ0v) is 20.6. The highest BCUT2D eigenvalue weighted by molar-refractivity contribution is 9.10. The lowest BCUT2D eigenvalue weighted by molar-refractivity contribution is -0.113. The Hall–Kier alpha value is -1.83. The molecule has 1 aliphatic rings. The zero-order chi connectivity index (χ0) is 22.0. The van der Waals surface area contributed by atoms with Crippen molar-refractivity contribution < 1.29 is 9.53 Å². The number of carbonyl (C=O) groups is 1. The van der Waals surface area contributed by atoms with Crippen molar-refractivity contribution in [2.75, 3.05) is 4.90 Å². The van der Waals surface area contributed by atoms with E-state index in [1.54, 1.807) is 24.3 Å². The second-order valence-corrected chi connectivity index (χ2v) is 10.0. The van der Waals surface area contributed by atoms with E-state index in [4.69, 9.17) is 40.2 Å². The Balaban J connectivity index is 1.63. The first-order valence-corrected chi connectivity index (χ1v) is 11.9. The predicted octanol–water partition coefficient (Wildman–Crippen LogP) is 7.74. The lowest BCUT2D eigenvalue weighted by atomic mass is 10.1. The molecule has 0 N–H and O–H groups in total. The minimum Gasteiger partial charge on any atom is -0.488 e. The summed E-state index contributed by atoms with van der Waals surface area (Å²) in [5.74, 6) is 0.426. The third-order valence-corrected chi connectivity index (χ3v) is 6.77. The van der Waals surface area contributed by atoms with Gasteiger partial charge < -0.3 is 4.74 Å².